The van der Waals surface area contributed by atoms with Crippen LogP contribution >= 0.6 is 23.2 Å². The monoisotopic (exact) mass is 281 g/mol. The Labute approximate surface area is 116 Å². The van der Waals surface area contributed by atoms with Gasteiger partial charge in [-0.15, -0.1) is 0 Å². The lowest BCUT2D eigenvalue weighted by molar-refractivity contribution is 0.414. The molecule has 4 heteroatoms. The minimum Gasteiger partial charge on any atom is -0.497 e. The second-order valence-corrected chi connectivity index (χ2v) is 4.84. The molecule has 2 aromatic rings. The fourth-order valence-electron chi connectivity index (χ4n) is 1.68. The lowest BCUT2D eigenvalue weighted by Crippen LogP contribution is -1.94. The highest BCUT2D eigenvalue weighted by Crippen LogP contribution is 2.28. The van der Waals surface area contributed by atoms with Gasteiger partial charge in [0.2, 0.25) is 0 Å². The Balaban J connectivity index is 2.28. The van der Waals surface area contributed by atoms with Crippen LogP contribution in [0.15, 0.2) is 36.4 Å². The van der Waals surface area contributed by atoms with Crippen LogP contribution in [0.3, 0.4) is 0 Å². The highest BCUT2D eigenvalue weighted by molar-refractivity contribution is 6.35. The van der Waals surface area contributed by atoms with E-state index < -0.39 is 0 Å². The molecule has 0 radical (unpaired) electrons. The minimum atomic E-state index is 0.608. The zero-order chi connectivity index (χ0) is 13.1. The second kappa shape index (κ2) is 5.51. The maximum Gasteiger partial charge on any atom is 0.119 e. The Morgan fingerprint density at radius 1 is 1.00 bits per heavy atom. The van der Waals surface area contributed by atoms with E-state index in [1.54, 1.807) is 13.2 Å². The lowest BCUT2D eigenvalue weighted by Gasteiger charge is -2.11. The van der Waals surface area contributed by atoms with E-state index >= 15 is 0 Å². The first-order valence-corrected chi connectivity index (χ1v) is 6.22. The van der Waals surface area contributed by atoms with Gasteiger partial charge in [-0.3, -0.25) is 0 Å². The summed E-state index contributed by atoms with van der Waals surface area (Å²) < 4.78 is 5.17. The van der Waals surface area contributed by atoms with Gasteiger partial charge in [-0.25, -0.2) is 0 Å². The second-order valence-electron chi connectivity index (χ2n) is 3.96. The molecule has 0 aliphatic carbocycles. The Morgan fingerprint density at radius 2 is 1.67 bits per heavy atom. The number of halogens is 2. The molecule has 18 heavy (non-hydrogen) atoms. The minimum absolute atomic E-state index is 0.608. The van der Waals surface area contributed by atoms with Gasteiger partial charge in [0, 0.05) is 21.4 Å². The fourth-order valence-corrected chi connectivity index (χ4v) is 2.21. The van der Waals surface area contributed by atoms with Crippen molar-refractivity contribution in [1.29, 1.82) is 0 Å². The summed E-state index contributed by atoms with van der Waals surface area (Å²) in [4.78, 5) is 0. The summed E-state index contributed by atoms with van der Waals surface area (Å²) in [7, 11) is 1.65. The standard InChI is InChI=1S/C14H13Cl2NO/c1-9-5-13(18-2)3-4-14(9)17-12-7-10(15)6-11(16)8-12/h3-8,17H,1-2H3. The van der Waals surface area contributed by atoms with Gasteiger partial charge in [-0.05, 0) is 48.9 Å². The van der Waals surface area contributed by atoms with Crippen LogP contribution in [0.5, 0.6) is 5.75 Å². The van der Waals surface area contributed by atoms with Crippen molar-refractivity contribution in [1.82, 2.24) is 0 Å². The van der Waals surface area contributed by atoms with Crippen molar-refractivity contribution in [2.24, 2.45) is 0 Å². The Bertz CT molecular complexity index is 549. The number of aryl methyl sites for hydroxylation is 1. The molecule has 0 spiro atoms. The quantitative estimate of drug-likeness (QED) is 0.850. The maximum absolute atomic E-state index is 5.96. The Morgan fingerprint density at radius 3 is 2.22 bits per heavy atom. The number of ether oxygens (including phenoxy) is 1. The molecule has 94 valence electrons. The zero-order valence-electron chi connectivity index (χ0n) is 10.1. The molecule has 2 nitrogen and oxygen atoms in total. The largest absolute Gasteiger partial charge is 0.497 e. The fraction of sp³-hybridized carbons (Fsp3) is 0.143. The normalized spacial score (nSPS) is 10.2. The molecule has 0 saturated carbocycles. The molecule has 0 unspecified atom stereocenters. The van der Waals surface area contributed by atoms with E-state index in [-0.39, 0.29) is 0 Å². The average molecular weight is 282 g/mol. The molecule has 1 N–H and O–H groups in total. The summed E-state index contributed by atoms with van der Waals surface area (Å²) in [5.41, 5.74) is 2.94. The van der Waals surface area contributed by atoms with E-state index in [1.165, 1.54) is 0 Å². The number of benzene rings is 2. The maximum atomic E-state index is 5.96. The van der Waals surface area contributed by atoms with Gasteiger partial charge < -0.3 is 10.1 Å². The van der Waals surface area contributed by atoms with E-state index in [2.05, 4.69) is 5.32 Å². The van der Waals surface area contributed by atoms with Gasteiger partial charge in [-0.1, -0.05) is 23.2 Å². The lowest BCUT2D eigenvalue weighted by atomic mass is 10.2. The zero-order valence-corrected chi connectivity index (χ0v) is 11.6. The number of methoxy groups -OCH3 is 1. The van der Waals surface area contributed by atoms with Crippen molar-refractivity contribution < 1.29 is 4.74 Å². The van der Waals surface area contributed by atoms with E-state index in [0.717, 1.165) is 22.7 Å². The van der Waals surface area contributed by atoms with Gasteiger partial charge in [0.15, 0.2) is 0 Å². The first-order valence-electron chi connectivity index (χ1n) is 5.46. The highest BCUT2D eigenvalue weighted by Gasteiger charge is 2.03. The third-order valence-corrected chi connectivity index (χ3v) is 3.01. The molecule has 0 aliphatic heterocycles. The van der Waals surface area contributed by atoms with Crippen LogP contribution in [0.1, 0.15) is 5.56 Å². The third-order valence-electron chi connectivity index (χ3n) is 2.58. The summed E-state index contributed by atoms with van der Waals surface area (Å²) in [6.07, 6.45) is 0. The van der Waals surface area contributed by atoms with E-state index in [1.807, 2.05) is 37.3 Å². The van der Waals surface area contributed by atoms with Crippen molar-refractivity contribution in [3.63, 3.8) is 0 Å². The summed E-state index contributed by atoms with van der Waals surface area (Å²) in [5, 5.41) is 4.50. The average Bonchev–Trinajstić information content (AvgIpc) is 2.30. The number of hydrogen-bond donors (Lipinski definition) is 1. The Kier molecular flexibility index (Phi) is 4.00. The molecule has 0 saturated heterocycles. The number of hydrogen-bond acceptors (Lipinski definition) is 2. The van der Waals surface area contributed by atoms with Crippen LogP contribution in [-0.2, 0) is 0 Å². The van der Waals surface area contributed by atoms with Gasteiger partial charge in [0.1, 0.15) is 5.75 Å². The van der Waals surface area contributed by atoms with Gasteiger partial charge >= 0.3 is 0 Å². The van der Waals surface area contributed by atoms with Crippen LogP contribution in [0.2, 0.25) is 10.0 Å². The summed E-state index contributed by atoms with van der Waals surface area (Å²) in [5.74, 6) is 0.835. The van der Waals surface area contributed by atoms with Crippen LogP contribution in [0.25, 0.3) is 0 Å². The molecule has 0 amide bonds. The smallest absolute Gasteiger partial charge is 0.119 e. The SMILES string of the molecule is COc1ccc(Nc2cc(Cl)cc(Cl)c2)c(C)c1. The van der Waals surface area contributed by atoms with Crippen LogP contribution < -0.4 is 10.1 Å². The number of anilines is 2. The van der Waals surface area contributed by atoms with Crippen molar-refractivity contribution in [2.75, 3.05) is 12.4 Å². The number of rotatable bonds is 3. The molecule has 2 rings (SSSR count). The summed E-state index contributed by atoms with van der Waals surface area (Å²) in [6.45, 7) is 2.01. The van der Waals surface area contributed by atoms with E-state index in [4.69, 9.17) is 27.9 Å². The van der Waals surface area contributed by atoms with Crippen molar-refractivity contribution >= 4 is 34.6 Å². The van der Waals surface area contributed by atoms with Crippen LogP contribution in [-0.4, -0.2) is 7.11 Å². The topological polar surface area (TPSA) is 21.3 Å². The molecular formula is C14H13Cl2NO. The van der Waals surface area contributed by atoms with Crippen molar-refractivity contribution in [2.45, 2.75) is 6.92 Å². The first-order chi connectivity index (χ1) is 8.58. The van der Waals surface area contributed by atoms with Crippen LogP contribution in [0, 0.1) is 6.92 Å². The van der Waals surface area contributed by atoms with Gasteiger partial charge in [-0.2, -0.15) is 0 Å². The molecular weight excluding hydrogens is 269 g/mol. The van der Waals surface area contributed by atoms with Crippen LogP contribution in [0.4, 0.5) is 11.4 Å². The van der Waals surface area contributed by atoms with Crippen molar-refractivity contribution in [3.8, 4) is 5.75 Å². The predicted molar refractivity (Wildman–Crippen MR) is 77.5 cm³/mol. The van der Waals surface area contributed by atoms with E-state index in [0.29, 0.717) is 10.0 Å². The molecule has 0 atom stereocenters. The predicted octanol–water partition coefficient (Wildman–Crippen LogP) is 5.05. The number of nitrogens with one attached hydrogen (secondary N) is 1. The molecule has 2 aromatic carbocycles. The summed E-state index contributed by atoms with van der Waals surface area (Å²) in [6, 6.07) is 11.2. The Hall–Kier alpha value is -1.38. The van der Waals surface area contributed by atoms with Gasteiger partial charge in [0.25, 0.3) is 0 Å². The molecule has 0 aliphatic rings. The van der Waals surface area contributed by atoms with E-state index in [9.17, 15) is 0 Å². The first kappa shape index (κ1) is 13.1. The van der Waals surface area contributed by atoms with Gasteiger partial charge in [0.05, 0.1) is 7.11 Å². The highest BCUT2D eigenvalue weighted by atomic mass is 35.5. The molecule has 0 aromatic heterocycles. The summed E-state index contributed by atoms with van der Waals surface area (Å²) >= 11 is 11.9. The molecule has 0 heterocycles. The molecule has 0 fully saturated rings. The molecule has 0 bridgehead atoms. The third kappa shape index (κ3) is 3.09. The van der Waals surface area contributed by atoms with Crippen molar-refractivity contribution in [3.05, 3.63) is 52.0 Å².